The van der Waals surface area contributed by atoms with Crippen LogP contribution in [0.25, 0.3) is 5.57 Å². The molecule has 0 spiro atoms. The van der Waals surface area contributed by atoms with E-state index in [2.05, 4.69) is 22.5 Å². The Labute approximate surface area is 108 Å². The normalized spacial score (nSPS) is 12.9. The maximum absolute atomic E-state index is 11.1. The number of hydrogen-bond acceptors (Lipinski definition) is 2. The Bertz CT molecular complexity index is 489. The van der Waals surface area contributed by atoms with Crippen molar-refractivity contribution in [2.24, 2.45) is 0 Å². The Morgan fingerprint density at radius 3 is 2.41 bits per heavy atom. The van der Waals surface area contributed by atoms with E-state index in [9.17, 15) is 10.1 Å². The number of hydrogen-bond donors (Lipinski definition) is 0. The van der Waals surface area contributed by atoms with E-state index >= 15 is 0 Å². The molecule has 0 saturated heterocycles. The third-order valence-corrected chi connectivity index (χ3v) is 2.92. The Morgan fingerprint density at radius 1 is 1.41 bits per heavy atom. The quantitative estimate of drug-likeness (QED) is 0.475. The molecule has 1 aromatic rings. The van der Waals surface area contributed by atoms with E-state index in [1.807, 2.05) is 30.3 Å². The fourth-order valence-electron chi connectivity index (χ4n) is 1.47. The van der Waals surface area contributed by atoms with Gasteiger partial charge in [-0.25, -0.2) is 0 Å². The lowest BCUT2D eigenvalue weighted by Crippen LogP contribution is -2.03. The van der Waals surface area contributed by atoms with Crippen molar-refractivity contribution in [3.05, 3.63) is 74.9 Å². The van der Waals surface area contributed by atoms with Crippen molar-refractivity contribution in [1.82, 2.24) is 0 Å². The monoisotopic (exact) mass is 293 g/mol. The topological polar surface area (TPSA) is 43.1 Å². The molecule has 1 rings (SSSR count). The molecule has 0 atom stereocenters. The number of nitro groups is 1. The fraction of sp³-hybridized carbons (Fsp3) is 0.0769. The van der Waals surface area contributed by atoms with Crippen LogP contribution in [0.2, 0.25) is 0 Å². The molecule has 0 bridgehead atoms. The van der Waals surface area contributed by atoms with E-state index in [0.29, 0.717) is 10.1 Å². The Morgan fingerprint density at radius 2 is 2.00 bits per heavy atom. The molecule has 0 saturated carbocycles. The van der Waals surface area contributed by atoms with Crippen LogP contribution in [0.3, 0.4) is 0 Å². The van der Waals surface area contributed by atoms with Crippen LogP contribution < -0.4 is 0 Å². The smallest absolute Gasteiger partial charge is 0.258 e. The molecule has 0 amide bonds. The van der Waals surface area contributed by atoms with Crippen molar-refractivity contribution >= 4 is 21.5 Å². The van der Waals surface area contributed by atoms with E-state index < -0.39 is 4.92 Å². The number of rotatable bonds is 4. The van der Waals surface area contributed by atoms with Crippen molar-refractivity contribution < 1.29 is 4.92 Å². The summed E-state index contributed by atoms with van der Waals surface area (Å²) >= 11 is 3.16. The summed E-state index contributed by atoms with van der Waals surface area (Å²) in [5.41, 5.74) is 1.40. The lowest BCUT2D eigenvalue weighted by Gasteiger charge is -2.05. The molecule has 17 heavy (non-hydrogen) atoms. The van der Waals surface area contributed by atoms with Crippen LogP contribution in [0.15, 0.2) is 59.2 Å². The van der Waals surface area contributed by atoms with Gasteiger partial charge >= 0.3 is 0 Å². The van der Waals surface area contributed by atoms with Crippen LogP contribution in [-0.4, -0.2) is 4.92 Å². The molecule has 1 aromatic carbocycles. The lowest BCUT2D eigenvalue weighted by molar-refractivity contribution is -0.417. The number of halogens is 1. The zero-order valence-corrected chi connectivity index (χ0v) is 11.0. The average molecular weight is 294 g/mol. The molecule has 0 aliphatic heterocycles. The molecule has 0 N–H and O–H groups in total. The van der Waals surface area contributed by atoms with E-state index in [4.69, 9.17) is 0 Å². The predicted molar refractivity (Wildman–Crippen MR) is 73.2 cm³/mol. The molecule has 0 aliphatic rings. The lowest BCUT2D eigenvalue weighted by atomic mass is 10.0. The maximum Gasteiger partial charge on any atom is 0.290 e. The van der Waals surface area contributed by atoms with Crippen molar-refractivity contribution in [3.8, 4) is 0 Å². The summed E-state index contributed by atoms with van der Waals surface area (Å²) in [7, 11) is 0. The molecule has 0 aromatic heterocycles. The van der Waals surface area contributed by atoms with Crippen LogP contribution in [0, 0.1) is 10.1 Å². The van der Waals surface area contributed by atoms with Gasteiger partial charge in [0.05, 0.1) is 15.0 Å². The van der Waals surface area contributed by atoms with Crippen molar-refractivity contribution in [2.75, 3.05) is 0 Å². The largest absolute Gasteiger partial charge is 0.290 e. The van der Waals surface area contributed by atoms with Crippen LogP contribution >= 0.6 is 15.9 Å². The van der Waals surface area contributed by atoms with Gasteiger partial charge in [0, 0.05) is 0 Å². The third-order valence-electron chi connectivity index (χ3n) is 2.22. The highest BCUT2D eigenvalue weighted by atomic mass is 79.9. The van der Waals surface area contributed by atoms with E-state index in [1.165, 1.54) is 6.08 Å². The van der Waals surface area contributed by atoms with Crippen LogP contribution in [-0.2, 0) is 0 Å². The summed E-state index contributed by atoms with van der Waals surface area (Å²) in [6.45, 7) is 5.31. The first-order valence-corrected chi connectivity index (χ1v) is 5.79. The molecule has 0 unspecified atom stereocenters. The van der Waals surface area contributed by atoms with Gasteiger partial charge in [-0.15, -0.1) is 0 Å². The molecular weight excluding hydrogens is 282 g/mol. The number of benzene rings is 1. The molecule has 0 fully saturated rings. The first kappa shape index (κ1) is 13.4. The predicted octanol–water partition coefficient (Wildman–Crippen LogP) is 4.16. The van der Waals surface area contributed by atoms with Gasteiger partial charge in [-0.2, -0.15) is 0 Å². The highest BCUT2D eigenvalue weighted by Crippen LogP contribution is 2.28. The summed E-state index contributed by atoms with van der Waals surface area (Å²) in [6.07, 6.45) is 3.14. The van der Waals surface area contributed by atoms with Gasteiger partial charge < -0.3 is 0 Å². The molecule has 4 heteroatoms. The molecule has 0 aliphatic carbocycles. The van der Waals surface area contributed by atoms with Gasteiger partial charge in [0.15, 0.2) is 0 Å². The zero-order chi connectivity index (χ0) is 12.8. The Hall–Kier alpha value is -1.68. The number of nitrogens with zero attached hydrogens (tertiary/aromatic N) is 1. The van der Waals surface area contributed by atoms with Gasteiger partial charge in [-0.05, 0) is 34.5 Å². The minimum absolute atomic E-state index is 0.0219. The third kappa shape index (κ3) is 3.14. The standard InChI is InChI=1S/C13H12BrNO2/c1-3-11(10-8-6-5-7-9-10)13(15(16)17)12(14)4-2/h3-9H,2H2,1H3/b11-3-,13-12-. The zero-order valence-electron chi connectivity index (χ0n) is 9.39. The van der Waals surface area contributed by atoms with Gasteiger partial charge in [0.1, 0.15) is 0 Å². The fourth-order valence-corrected chi connectivity index (χ4v) is 1.83. The minimum Gasteiger partial charge on any atom is -0.258 e. The van der Waals surface area contributed by atoms with Crippen LogP contribution in [0.1, 0.15) is 12.5 Å². The van der Waals surface area contributed by atoms with Crippen LogP contribution in [0.4, 0.5) is 0 Å². The van der Waals surface area contributed by atoms with Gasteiger partial charge in [0.2, 0.25) is 0 Å². The van der Waals surface area contributed by atoms with E-state index in [1.54, 1.807) is 13.0 Å². The molecule has 0 heterocycles. The number of allylic oxidation sites excluding steroid dienone is 4. The highest BCUT2D eigenvalue weighted by Gasteiger charge is 2.21. The summed E-state index contributed by atoms with van der Waals surface area (Å²) in [6, 6.07) is 9.23. The van der Waals surface area contributed by atoms with Crippen molar-refractivity contribution in [1.29, 1.82) is 0 Å². The first-order valence-electron chi connectivity index (χ1n) is 5.00. The average Bonchev–Trinajstić information content (AvgIpc) is 2.35. The Kier molecular flexibility index (Phi) is 4.84. The Balaban J connectivity index is 3.37. The highest BCUT2D eigenvalue weighted by molar-refractivity contribution is 9.11. The van der Waals surface area contributed by atoms with Gasteiger partial charge in [0.25, 0.3) is 5.70 Å². The van der Waals surface area contributed by atoms with Gasteiger partial charge in [-0.1, -0.05) is 43.0 Å². The van der Waals surface area contributed by atoms with Crippen LogP contribution in [0.5, 0.6) is 0 Å². The summed E-state index contributed by atoms with van der Waals surface area (Å²) < 4.78 is 0.374. The molecular formula is C13H12BrNO2. The second-order valence-electron chi connectivity index (χ2n) is 3.23. The van der Waals surface area contributed by atoms with Crippen molar-refractivity contribution in [3.63, 3.8) is 0 Å². The van der Waals surface area contributed by atoms with Crippen molar-refractivity contribution in [2.45, 2.75) is 6.92 Å². The SMILES string of the molecule is C=C/C(Br)=C(\C(=C/C)c1ccccc1)[N+](=O)[O-]. The maximum atomic E-state index is 11.1. The second kappa shape index (κ2) is 6.15. The minimum atomic E-state index is -0.409. The molecule has 88 valence electrons. The molecule has 3 nitrogen and oxygen atoms in total. The summed E-state index contributed by atoms with van der Waals surface area (Å²) in [5.74, 6) is 0. The van der Waals surface area contributed by atoms with Gasteiger partial charge in [-0.3, -0.25) is 10.1 Å². The van der Waals surface area contributed by atoms with E-state index in [-0.39, 0.29) is 5.70 Å². The van der Waals surface area contributed by atoms with E-state index in [0.717, 1.165) is 5.56 Å². The second-order valence-corrected chi connectivity index (χ2v) is 4.08. The first-order chi connectivity index (χ1) is 8.11. The molecule has 0 radical (unpaired) electrons. The summed E-state index contributed by atoms with van der Waals surface area (Å²) in [5, 5.41) is 11.1. The summed E-state index contributed by atoms with van der Waals surface area (Å²) in [4.78, 5) is 10.7.